The summed E-state index contributed by atoms with van der Waals surface area (Å²) in [5, 5.41) is 3.53. The average Bonchev–Trinajstić information content (AvgIpc) is 2.93. The van der Waals surface area contributed by atoms with Gasteiger partial charge in [0.15, 0.2) is 11.5 Å². The van der Waals surface area contributed by atoms with Crippen LogP contribution in [0.25, 0.3) is 0 Å². The number of rotatable bonds is 11. The molecular formula is C32H39Cl2N3O6S. The van der Waals surface area contributed by atoms with Gasteiger partial charge in [-0.2, -0.15) is 0 Å². The van der Waals surface area contributed by atoms with Crippen molar-refractivity contribution in [1.29, 1.82) is 0 Å². The summed E-state index contributed by atoms with van der Waals surface area (Å²) in [5.74, 6) is -0.427. The van der Waals surface area contributed by atoms with Crippen LogP contribution in [0.2, 0.25) is 10.0 Å². The third-order valence-corrected chi connectivity index (χ3v) is 9.23. The number of benzene rings is 3. The van der Waals surface area contributed by atoms with E-state index in [2.05, 4.69) is 5.32 Å². The van der Waals surface area contributed by atoms with Gasteiger partial charge in [-0.05, 0) is 94.6 Å². The fourth-order valence-corrected chi connectivity index (χ4v) is 6.35. The molecular weight excluding hydrogens is 625 g/mol. The summed E-state index contributed by atoms with van der Waals surface area (Å²) in [5.41, 5.74) is 1.97. The third-order valence-electron chi connectivity index (χ3n) is 6.72. The highest BCUT2D eigenvalue weighted by molar-refractivity contribution is 7.92. The molecule has 0 heterocycles. The molecule has 3 rings (SSSR count). The number of halogens is 2. The number of amides is 2. The second kappa shape index (κ2) is 14.1. The largest absolute Gasteiger partial charge is 0.493 e. The van der Waals surface area contributed by atoms with Gasteiger partial charge in [0.25, 0.3) is 10.0 Å². The van der Waals surface area contributed by atoms with Crippen LogP contribution in [0.4, 0.5) is 5.69 Å². The topological polar surface area (TPSA) is 105 Å². The van der Waals surface area contributed by atoms with Gasteiger partial charge in [0.1, 0.15) is 12.6 Å². The van der Waals surface area contributed by atoms with Crippen LogP contribution in [0.1, 0.15) is 44.4 Å². The Labute approximate surface area is 270 Å². The van der Waals surface area contributed by atoms with E-state index in [0.717, 1.165) is 15.4 Å². The third kappa shape index (κ3) is 8.58. The number of carbonyl (C=O) groups is 2. The Morgan fingerprint density at radius 2 is 1.50 bits per heavy atom. The number of ether oxygens (including phenoxy) is 2. The van der Waals surface area contributed by atoms with Crippen molar-refractivity contribution in [3.8, 4) is 11.5 Å². The van der Waals surface area contributed by atoms with E-state index in [1.807, 2.05) is 40.7 Å². The van der Waals surface area contributed by atoms with Crippen molar-refractivity contribution in [2.45, 2.75) is 64.6 Å². The maximum Gasteiger partial charge on any atom is 0.264 e. The first kappa shape index (κ1) is 35.0. The Morgan fingerprint density at radius 3 is 2.05 bits per heavy atom. The predicted molar refractivity (Wildman–Crippen MR) is 174 cm³/mol. The second-order valence-corrected chi connectivity index (χ2v) is 14.2. The summed E-state index contributed by atoms with van der Waals surface area (Å²) in [6.07, 6.45) is 0. The molecule has 1 unspecified atom stereocenters. The van der Waals surface area contributed by atoms with Gasteiger partial charge in [0, 0.05) is 18.2 Å². The van der Waals surface area contributed by atoms with E-state index < -0.39 is 40.0 Å². The lowest BCUT2D eigenvalue weighted by molar-refractivity contribution is -0.140. The molecule has 0 bridgehead atoms. The molecule has 2 amide bonds. The molecule has 9 nitrogen and oxygen atoms in total. The summed E-state index contributed by atoms with van der Waals surface area (Å²) < 4.78 is 40.2. The van der Waals surface area contributed by atoms with Crippen molar-refractivity contribution < 1.29 is 27.5 Å². The standard InChI is InChI=1S/C32H39Cl2N3O6S/c1-20-13-21(2)15-24(14-20)37(44(40,41)25-10-12-28(42-7)29(17-25)43-8)19-30(38)36(22(3)31(39)35-32(4,5)6)18-23-9-11-26(33)27(34)16-23/h9-17,22H,18-19H2,1-8H3,(H,35,39). The number of anilines is 1. The summed E-state index contributed by atoms with van der Waals surface area (Å²) in [6, 6.07) is 13.5. The number of nitrogens with one attached hydrogen (secondary N) is 1. The molecule has 0 saturated carbocycles. The molecule has 0 aliphatic heterocycles. The van der Waals surface area contributed by atoms with Crippen LogP contribution in [-0.4, -0.2) is 57.5 Å². The number of carbonyl (C=O) groups excluding carboxylic acids is 2. The number of methoxy groups -OCH3 is 2. The van der Waals surface area contributed by atoms with Crippen molar-refractivity contribution in [3.63, 3.8) is 0 Å². The van der Waals surface area contributed by atoms with E-state index in [1.165, 1.54) is 37.3 Å². The van der Waals surface area contributed by atoms with Gasteiger partial charge in [0.05, 0.1) is 34.8 Å². The highest BCUT2D eigenvalue weighted by atomic mass is 35.5. The Balaban J connectivity index is 2.13. The minimum Gasteiger partial charge on any atom is -0.493 e. The van der Waals surface area contributed by atoms with Crippen LogP contribution in [0.3, 0.4) is 0 Å². The van der Waals surface area contributed by atoms with Crippen molar-refractivity contribution in [2.24, 2.45) is 0 Å². The smallest absolute Gasteiger partial charge is 0.264 e. The Hall–Kier alpha value is -3.47. The van der Waals surface area contributed by atoms with E-state index in [4.69, 9.17) is 32.7 Å². The van der Waals surface area contributed by atoms with Gasteiger partial charge < -0.3 is 19.7 Å². The molecule has 0 fully saturated rings. The molecule has 0 aliphatic carbocycles. The fourth-order valence-electron chi connectivity index (χ4n) is 4.62. The van der Waals surface area contributed by atoms with Crippen LogP contribution < -0.4 is 19.1 Å². The summed E-state index contributed by atoms with van der Waals surface area (Å²) in [7, 11) is -1.47. The zero-order valence-corrected chi connectivity index (χ0v) is 28.5. The van der Waals surface area contributed by atoms with E-state index in [0.29, 0.717) is 22.0 Å². The first-order valence-electron chi connectivity index (χ1n) is 13.9. The lowest BCUT2D eigenvalue weighted by Crippen LogP contribution is -2.54. The van der Waals surface area contributed by atoms with Crippen LogP contribution in [0, 0.1) is 13.8 Å². The van der Waals surface area contributed by atoms with E-state index in [-0.39, 0.29) is 22.2 Å². The van der Waals surface area contributed by atoms with E-state index >= 15 is 0 Å². The SMILES string of the molecule is COc1ccc(S(=O)(=O)N(CC(=O)N(Cc2ccc(Cl)c(Cl)c2)C(C)C(=O)NC(C)(C)C)c2cc(C)cc(C)c2)cc1OC. The minimum absolute atomic E-state index is 0.0223. The van der Waals surface area contributed by atoms with Crippen molar-refractivity contribution in [2.75, 3.05) is 25.1 Å². The van der Waals surface area contributed by atoms with Crippen molar-refractivity contribution in [1.82, 2.24) is 10.2 Å². The molecule has 1 atom stereocenters. The molecule has 0 radical (unpaired) electrons. The molecule has 1 N–H and O–H groups in total. The quantitative estimate of drug-likeness (QED) is 0.264. The van der Waals surface area contributed by atoms with Crippen molar-refractivity contribution in [3.05, 3.63) is 81.3 Å². The molecule has 3 aromatic carbocycles. The molecule has 238 valence electrons. The number of aryl methyl sites for hydroxylation is 2. The number of nitrogens with zero attached hydrogens (tertiary/aromatic N) is 2. The van der Waals surface area contributed by atoms with Gasteiger partial charge in [-0.15, -0.1) is 0 Å². The van der Waals surface area contributed by atoms with Gasteiger partial charge in [-0.1, -0.05) is 35.3 Å². The van der Waals surface area contributed by atoms with E-state index in [1.54, 1.807) is 37.3 Å². The monoisotopic (exact) mass is 663 g/mol. The maximum absolute atomic E-state index is 14.3. The number of sulfonamides is 1. The van der Waals surface area contributed by atoms with Crippen LogP contribution in [0.5, 0.6) is 11.5 Å². The zero-order chi connectivity index (χ0) is 33.0. The van der Waals surface area contributed by atoms with Gasteiger partial charge in [0.2, 0.25) is 11.8 Å². The lowest BCUT2D eigenvalue weighted by atomic mass is 10.1. The van der Waals surface area contributed by atoms with Crippen LogP contribution in [0.15, 0.2) is 59.5 Å². The molecule has 0 aromatic heterocycles. The second-order valence-electron chi connectivity index (χ2n) is 11.6. The van der Waals surface area contributed by atoms with Gasteiger partial charge >= 0.3 is 0 Å². The number of hydrogen-bond acceptors (Lipinski definition) is 6. The number of hydrogen-bond donors (Lipinski definition) is 1. The predicted octanol–water partition coefficient (Wildman–Crippen LogP) is 6.15. The molecule has 0 aliphatic rings. The Morgan fingerprint density at radius 1 is 0.886 bits per heavy atom. The molecule has 0 spiro atoms. The maximum atomic E-state index is 14.3. The summed E-state index contributed by atoms with van der Waals surface area (Å²) in [4.78, 5) is 28.7. The molecule has 3 aromatic rings. The normalized spacial score (nSPS) is 12.3. The van der Waals surface area contributed by atoms with Gasteiger partial charge in [-0.3, -0.25) is 13.9 Å². The van der Waals surface area contributed by atoms with E-state index in [9.17, 15) is 18.0 Å². The lowest BCUT2D eigenvalue weighted by Gasteiger charge is -2.33. The zero-order valence-electron chi connectivity index (χ0n) is 26.2. The van der Waals surface area contributed by atoms with Crippen LogP contribution >= 0.6 is 23.2 Å². The minimum atomic E-state index is -4.32. The Bertz CT molecular complexity index is 1620. The first-order valence-corrected chi connectivity index (χ1v) is 16.0. The highest BCUT2D eigenvalue weighted by Crippen LogP contribution is 2.33. The summed E-state index contributed by atoms with van der Waals surface area (Å²) in [6.45, 7) is 10.2. The highest BCUT2D eigenvalue weighted by Gasteiger charge is 2.34. The van der Waals surface area contributed by atoms with Crippen molar-refractivity contribution >= 4 is 50.7 Å². The first-order chi connectivity index (χ1) is 20.5. The van der Waals surface area contributed by atoms with Crippen LogP contribution in [-0.2, 0) is 26.2 Å². The van der Waals surface area contributed by atoms with Gasteiger partial charge in [-0.25, -0.2) is 8.42 Å². The molecule has 12 heteroatoms. The fraction of sp³-hybridized carbons (Fsp3) is 0.375. The Kier molecular flexibility index (Phi) is 11.2. The summed E-state index contributed by atoms with van der Waals surface area (Å²) >= 11 is 12.4. The molecule has 44 heavy (non-hydrogen) atoms. The molecule has 0 saturated heterocycles. The average molecular weight is 665 g/mol.